The number of likely N-dealkylation sites (N-methyl/N-ethyl adjacent to an activating group) is 1. The van der Waals surface area contributed by atoms with Crippen molar-refractivity contribution in [2.45, 2.75) is 64.2 Å². The molecule has 2 fully saturated rings. The molecule has 0 saturated carbocycles. The highest BCUT2D eigenvalue weighted by Crippen LogP contribution is 2.45. The van der Waals surface area contributed by atoms with E-state index in [1.54, 1.807) is 11.3 Å². The molecule has 0 radical (unpaired) electrons. The van der Waals surface area contributed by atoms with Gasteiger partial charge < -0.3 is 14.7 Å². The minimum absolute atomic E-state index is 0.427. The summed E-state index contributed by atoms with van der Waals surface area (Å²) in [6.07, 6.45) is 1.08. The van der Waals surface area contributed by atoms with Crippen LogP contribution in [0.2, 0.25) is 5.02 Å². The number of rotatable bonds is 7. The number of carboxylic acids is 1. The molecule has 8 nitrogen and oxygen atoms in total. The zero-order valence-corrected chi connectivity index (χ0v) is 29.5. The summed E-state index contributed by atoms with van der Waals surface area (Å²) in [6.45, 7) is 12.1. The molecule has 0 amide bonds. The molecule has 2 aliphatic rings. The Bertz CT molecular complexity index is 1960. The molecule has 2 aliphatic heterocycles. The molecule has 10 heteroatoms. The molecule has 3 aromatic carbocycles. The van der Waals surface area contributed by atoms with Crippen molar-refractivity contribution in [3.8, 4) is 21.7 Å². The van der Waals surface area contributed by atoms with Crippen LogP contribution in [0.1, 0.15) is 62.5 Å². The van der Waals surface area contributed by atoms with E-state index in [-0.39, 0.29) is 0 Å². The van der Waals surface area contributed by atoms with Crippen molar-refractivity contribution in [3.05, 3.63) is 70.4 Å². The van der Waals surface area contributed by atoms with Gasteiger partial charge in [0.2, 0.25) is 0 Å². The number of carboxylic acid groups (broad SMARTS) is 1. The number of likely N-dealkylation sites (tertiary alicyclic amines) is 2. The molecule has 2 saturated heterocycles. The van der Waals surface area contributed by atoms with Crippen LogP contribution in [0.25, 0.3) is 42.8 Å². The smallest absolute Gasteiger partial charge is 0.337 e. The number of nitrogens with zero attached hydrogens (tertiary/aromatic N) is 5. The van der Waals surface area contributed by atoms with E-state index in [1.165, 1.54) is 24.2 Å². The van der Waals surface area contributed by atoms with E-state index in [2.05, 4.69) is 35.0 Å². The second-order valence-electron chi connectivity index (χ2n) is 14.2. The first-order valence-corrected chi connectivity index (χ1v) is 17.6. The maximum Gasteiger partial charge on any atom is 0.337 e. The molecule has 0 bridgehead atoms. The average molecular weight is 672 g/mol. The zero-order valence-electron chi connectivity index (χ0n) is 27.9. The fourth-order valence-electron chi connectivity index (χ4n) is 7.32. The van der Waals surface area contributed by atoms with Crippen LogP contribution in [-0.4, -0.2) is 80.5 Å². The summed E-state index contributed by atoms with van der Waals surface area (Å²) in [7, 11) is 4.23. The van der Waals surface area contributed by atoms with Crippen LogP contribution in [0.4, 0.5) is 0 Å². The highest BCUT2D eigenvalue weighted by atomic mass is 35.5. The standard InChI is InChI=1S/C37H42ClN5O3S/c1-21-17-28-34(31(22-7-10-25(38)11-8-22)30(21)33(36(44)45)46-37(2,3)4)47-35(39-28)24-9-12-29-27(18-24)32(40-42(29)6)23-13-15-43(16-14-23)26-19-41(5)20-26/h7-12,17-18,23,26,33H,13-16,19-20H2,1-6H3,(H,44,45)/t33-/m0/s1. The van der Waals surface area contributed by atoms with Crippen LogP contribution in [0.3, 0.4) is 0 Å². The van der Waals surface area contributed by atoms with Crippen LogP contribution in [0.15, 0.2) is 48.5 Å². The second-order valence-corrected chi connectivity index (χ2v) is 15.7. The predicted molar refractivity (Wildman–Crippen MR) is 191 cm³/mol. The van der Waals surface area contributed by atoms with Gasteiger partial charge in [-0.3, -0.25) is 9.58 Å². The monoisotopic (exact) mass is 671 g/mol. The highest BCUT2D eigenvalue weighted by molar-refractivity contribution is 7.22. The summed E-state index contributed by atoms with van der Waals surface area (Å²) in [5.74, 6) is -0.599. The number of piperidine rings is 1. The van der Waals surface area contributed by atoms with Gasteiger partial charge in [0.05, 0.1) is 27.0 Å². The summed E-state index contributed by atoms with van der Waals surface area (Å²) in [6, 6.07) is 16.8. The first-order chi connectivity index (χ1) is 22.4. The fraction of sp³-hybridized carbons (Fsp3) is 0.432. The van der Waals surface area contributed by atoms with Crippen molar-refractivity contribution in [1.82, 2.24) is 24.6 Å². The van der Waals surface area contributed by atoms with Gasteiger partial charge in [0, 0.05) is 59.2 Å². The quantitative estimate of drug-likeness (QED) is 0.188. The van der Waals surface area contributed by atoms with Gasteiger partial charge in [-0.25, -0.2) is 9.78 Å². The molecule has 5 aromatic rings. The van der Waals surface area contributed by atoms with Crippen LogP contribution in [0.5, 0.6) is 0 Å². The highest BCUT2D eigenvalue weighted by Gasteiger charge is 2.34. The Kier molecular flexibility index (Phi) is 8.42. The molecule has 0 spiro atoms. The molecule has 1 atom stereocenters. The van der Waals surface area contributed by atoms with Crippen LogP contribution >= 0.6 is 22.9 Å². The third-order valence-corrected chi connectivity index (χ3v) is 11.0. The lowest BCUT2D eigenvalue weighted by molar-refractivity contribution is -0.160. The number of fused-ring (bicyclic) bond motifs is 2. The lowest BCUT2D eigenvalue weighted by Crippen LogP contribution is -2.59. The molecule has 2 aromatic heterocycles. The van der Waals surface area contributed by atoms with Gasteiger partial charge >= 0.3 is 5.97 Å². The number of benzene rings is 3. The Balaban J connectivity index is 1.31. The zero-order chi connectivity index (χ0) is 33.2. The number of halogens is 1. The molecular weight excluding hydrogens is 630 g/mol. The maximum atomic E-state index is 12.7. The number of hydrogen-bond acceptors (Lipinski definition) is 7. The molecule has 1 N–H and O–H groups in total. The van der Waals surface area contributed by atoms with Crippen LogP contribution in [0, 0.1) is 6.92 Å². The van der Waals surface area contributed by atoms with Crippen molar-refractivity contribution in [2.24, 2.45) is 7.05 Å². The number of hydrogen-bond donors (Lipinski definition) is 1. The number of carbonyl (C=O) groups is 1. The first kappa shape index (κ1) is 32.2. The number of thiazole rings is 1. The minimum atomic E-state index is -1.15. The molecule has 47 heavy (non-hydrogen) atoms. The van der Waals surface area contributed by atoms with Crippen molar-refractivity contribution >= 4 is 50.0 Å². The van der Waals surface area contributed by atoms with Crippen molar-refractivity contribution in [1.29, 1.82) is 0 Å². The van der Waals surface area contributed by atoms with E-state index in [9.17, 15) is 9.90 Å². The molecule has 0 unspecified atom stereocenters. The molecule has 0 aliphatic carbocycles. The largest absolute Gasteiger partial charge is 0.479 e. The van der Waals surface area contributed by atoms with Gasteiger partial charge in [-0.05, 0) is 108 Å². The van der Waals surface area contributed by atoms with E-state index in [0.717, 1.165) is 68.9 Å². The second kappa shape index (κ2) is 12.3. The SMILES string of the molecule is Cc1cc2nc(-c3ccc4c(c3)c(C3CCN(C5CN(C)C5)CC3)nn4C)sc2c(-c2ccc(Cl)cc2)c1[C@H](OC(C)(C)C)C(=O)O. The summed E-state index contributed by atoms with van der Waals surface area (Å²) in [5.41, 5.74) is 6.66. The van der Waals surface area contributed by atoms with Gasteiger partial charge in [0.1, 0.15) is 5.01 Å². The maximum absolute atomic E-state index is 12.7. The Labute approximate surface area is 284 Å². The first-order valence-electron chi connectivity index (χ1n) is 16.4. The summed E-state index contributed by atoms with van der Waals surface area (Å²) >= 11 is 7.87. The molecule has 246 valence electrons. The van der Waals surface area contributed by atoms with Crippen molar-refractivity contribution < 1.29 is 14.6 Å². The predicted octanol–water partition coefficient (Wildman–Crippen LogP) is 7.91. The Morgan fingerprint density at radius 2 is 1.72 bits per heavy atom. The van der Waals surface area contributed by atoms with Gasteiger partial charge in [-0.1, -0.05) is 23.7 Å². The summed E-state index contributed by atoms with van der Waals surface area (Å²) in [4.78, 5) is 22.9. The summed E-state index contributed by atoms with van der Waals surface area (Å²) in [5, 5.41) is 18.2. The lowest BCUT2D eigenvalue weighted by atomic mass is 9.90. The lowest BCUT2D eigenvalue weighted by Gasteiger charge is -2.46. The number of aryl methyl sites for hydroxylation is 2. The topological polar surface area (TPSA) is 83.7 Å². The van der Waals surface area contributed by atoms with Gasteiger partial charge in [-0.15, -0.1) is 11.3 Å². The minimum Gasteiger partial charge on any atom is -0.479 e. The van der Waals surface area contributed by atoms with Gasteiger partial charge in [0.25, 0.3) is 0 Å². The van der Waals surface area contributed by atoms with Crippen LogP contribution in [-0.2, 0) is 16.6 Å². The number of aliphatic carboxylic acids is 1. The third-order valence-electron chi connectivity index (χ3n) is 9.62. The average Bonchev–Trinajstić information content (AvgIpc) is 3.58. The van der Waals surface area contributed by atoms with E-state index in [4.69, 9.17) is 26.4 Å². The van der Waals surface area contributed by atoms with E-state index in [1.807, 2.05) is 69.8 Å². The normalized spacial score (nSPS) is 17.9. The van der Waals surface area contributed by atoms with E-state index < -0.39 is 17.7 Å². The van der Waals surface area contributed by atoms with Gasteiger partial charge in [0.15, 0.2) is 6.10 Å². The Morgan fingerprint density at radius 3 is 2.36 bits per heavy atom. The van der Waals surface area contributed by atoms with Gasteiger partial charge in [-0.2, -0.15) is 5.10 Å². The number of aromatic nitrogens is 3. The number of ether oxygens (including phenoxy) is 1. The van der Waals surface area contributed by atoms with Crippen molar-refractivity contribution in [2.75, 3.05) is 33.2 Å². The summed E-state index contributed by atoms with van der Waals surface area (Å²) < 4.78 is 9.12. The van der Waals surface area contributed by atoms with Crippen molar-refractivity contribution in [3.63, 3.8) is 0 Å². The molecule has 4 heterocycles. The fourth-order valence-corrected chi connectivity index (χ4v) is 8.57. The molecule has 7 rings (SSSR count). The molecular formula is C37H42ClN5O3S. The Morgan fingerprint density at radius 1 is 1.04 bits per heavy atom. The third kappa shape index (κ3) is 6.20. The van der Waals surface area contributed by atoms with E-state index >= 15 is 0 Å². The van der Waals surface area contributed by atoms with Crippen LogP contribution < -0.4 is 0 Å². The van der Waals surface area contributed by atoms with E-state index in [0.29, 0.717) is 22.5 Å². The Hall–Kier alpha value is -3.34.